The summed E-state index contributed by atoms with van der Waals surface area (Å²) in [5.41, 5.74) is 3.13. The summed E-state index contributed by atoms with van der Waals surface area (Å²) in [5.74, 6) is 1.40. The first-order valence-electron chi connectivity index (χ1n) is 8.35. The predicted octanol–water partition coefficient (Wildman–Crippen LogP) is 4.20. The van der Waals surface area contributed by atoms with Crippen LogP contribution in [0.1, 0.15) is 5.69 Å². The molecule has 1 aromatic heterocycles. The maximum atomic E-state index is 12.4. The number of benzene rings is 2. The number of amides is 1. The lowest BCUT2D eigenvalue weighted by Crippen LogP contribution is -2.17. The third-order valence-corrected chi connectivity index (χ3v) is 5.67. The zero-order chi connectivity index (χ0) is 18.8. The molecule has 1 amide bonds. The summed E-state index contributed by atoms with van der Waals surface area (Å²) >= 11 is 4.83. The van der Waals surface area contributed by atoms with Crippen LogP contribution in [0.5, 0.6) is 11.5 Å². The number of carbonyl (C=O) groups excluding carboxylic acids is 1. The highest BCUT2D eigenvalue weighted by Crippen LogP contribution is 2.38. The number of ether oxygens (including phenoxy) is 2. The molecule has 6 nitrogen and oxygen atoms in total. The number of hydrogen-bond donors (Lipinski definition) is 1. The lowest BCUT2D eigenvalue weighted by molar-refractivity contribution is -0.113. The first-order chi connectivity index (χ1) is 13.1. The number of rotatable bonds is 4. The maximum Gasteiger partial charge on any atom is 0.234 e. The highest BCUT2D eigenvalue weighted by molar-refractivity contribution is 9.10. The Morgan fingerprint density at radius 1 is 1.15 bits per heavy atom. The van der Waals surface area contributed by atoms with E-state index in [2.05, 4.69) is 31.2 Å². The van der Waals surface area contributed by atoms with Crippen LogP contribution in [0.3, 0.4) is 0 Å². The van der Waals surface area contributed by atoms with E-state index in [0.29, 0.717) is 30.4 Å². The number of thioether (sulfide) groups is 1. The van der Waals surface area contributed by atoms with Crippen molar-refractivity contribution in [2.75, 3.05) is 24.3 Å². The Morgan fingerprint density at radius 2 is 1.81 bits per heavy atom. The molecule has 0 saturated carbocycles. The van der Waals surface area contributed by atoms with E-state index >= 15 is 0 Å². The number of fused-ring (bicyclic) bond motifs is 2. The number of para-hydroxylation sites is 2. The quantitative estimate of drug-likeness (QED) is 0.606. The molecule has 2 heterocycles. The zero-order valence-electron chi connectivity index (χ0n) is 14.5. The van der Waals surface area contributed by atoms with Crippen molar-refractivity contribution in [3.8, 4) is 11.5 Å². The minimum absolute atomic E-state index is 0.133. The third kappa shape index (κ3) is 4.01. The molecule has 1 N–H and O–H groups in total. The topological polar surface area (TPSA) is 73.3 Å². The fourth-order valence-corrected chi connectivity index (χ4v) is 3.87. The summed E-state index contributed by atoms with van der Waals surface area (Å²) in [5, 5.41) is 3.65. The molecular formula is C19H16BrN3O3S. The summed E-state index contributed by atoms with van der Waals surface area (Å²) in [6.07, 6.45) is 0. The van der Waals surface area contributed by atoms with Gasteiger partial charge >= 0.3 is 0 Å². The van der Waals surface area contributed by atoms with E-state index in [4.69, 9.17) is 9.47 Å². The molecule has 3 aromatic rings. The smallest absolute Gasteiger partial charge is 0.234 e. The number of carbonyl (C=O) groups is 1. The van der Waals surface area contributed by atoms with Crippen LogP contribution in [0, 0.1) is 6.92 Å². The standard InChI is InChI=1S/C19H16BrN3O3S/c1-11-19(23-14-5-3-2-4-13(14)21-11)27-10-18(24)22-15-9-17-16(8-12(15)20)25-6-7-26-17/h2-5,8-9H,6-7,10H2,1H3,(H,22,24). The van der Waals surface area contributed by atoms with Gasteiger partial charge in [0.05, 0.1) is 28.2 Å². The van der Waals surface area contributed by atoms with Gasteiger partial charge < -0.3 is 14.8 Å². The number of halogens is 1. The molecule has 1 aliphatic heterocycles. The number of nitrogens with one attached hydrogen (secondary N) is 1. The van der Waals surface area contributed by atoms with E-state index < -0.39 is 0 Å². The van der Waals surface area contributed by atoms with Gasteiger partial charge in [0.1, 0.15) is 18.2 Å². The molecule has 2 aromatic carbocycles. The fourth-order valence-electron chi connectivity index (χ4n) is 2.69. The highest BCUT2D eigenvalue weighted by atomic mass is 79.9. The summed E-state index contributed by atoms with van der Waals surface area (Å²) < 4.78 is 11.8. The van der Waals surface area contributed by atoms with Crippen molar-refractivity contribution in [3.63, 3.8) is 0 Å². The van der Waals surface area contributed by atoms with Crippen LogP contribution in [0.2, 0.25) is 0 Å². The molecule has 0 bridgehead atoms. The zero-order valence-corrected chi connectivity index (χ0v) is 16.9. The molecule has 1 aliphatic rings. The van der Waals surface area contributed by atoms with Crippen molar-refractivity contribution in [1.29, 1.82) is 0 Å². The largest absolute Gasteiger partial charge is 0.486 e. The van der Waals surface area contributed by atoms with Crippen LogP contribution in [0.25, 0.3) is 11.0 Å². The van der Waals surface area contributed by atoms with Crippen molar-refractivity contribution in [3.05, 3.63) is 46.6 Å². The second-order valence-corrected chi connectivity index (χ2v) is 7.73. The fraction of sp³-hybridized carbons (Fsp3) is 0.211. The van der Waals surface area contributed by atoms with E-state index in [0.717, 1.165) is 26.2 Å². The van der Waals surface area contributed by atoms with Gasteiger partial charge in [-0.2, -0.15) is 0 Å². The monoisotopic (exact) mass is 445 g/mol. The molecule has 0 spiro atoms. The molecule has 138 valence electrons. The Bertz CT molecular complexity index is 1030. The average molecular weight is 446 g/mol. The van der Waals surface area contributed by atoms with Crippen molar-refractivity contribution in [1.82, 2.24) is 9.97 Å². The van der Waals surface area contributed by atoms with Crippen molar-refractivity contribution in [2.45, 2.75) is 11.9 Å². The molecule has 0 unspecified atom stereocenters. The summed E-state index contributed by atoms with van der Waals surface area (Å²) in [7, 11) is 0. The van der Waals surface area contributed by atoms with Crippen LogP contribution in [0.15, 0.2) is 45.9 Å². The minimum atomic E-state index is -0.133. The molecule has 8 heteroatoms. The second kappa shape index (κ2) is 7.74. The summed E-state index contributed by atoms with van der Waals surface area (Å²) in [4.78, 5) is 21.6. The number of hydrogen-bond acceptors (Lipinski definition) is 6. The summed E-state index contributed by atoms with van der Waals surface area (Å²) in [6.45, 7) is 2.92. The van der Waals surface area contributed by atoms with Crippen LogP contribution in [-0.2, 0) is 4.79 Å². The van der Waals surface area contributed by atoms with Crippen molar-refractivity contribution >= 4 is 50.3 Å². The lowest BCUT2D eigenvalue weighted by atomic mass is 10.2. The Labute approximate surface area is 168 Å². The van der Waals surface area contributed by atoms with Crippen LogP contribution in [0.4, 0.5) is 5.69 Å². The normalized spacial score (nSPS) is 12.8. The highest BCUT2D eigenvalue weighted by Gasteiger charge is 2.16. The summed E-state index contributed by atoms with van der Waals surface area (Å²) in [6, 6.07) is 11.3. The third-order valence-electron chi connectivity index (χ3n) is 3.95. The van der Waals surface area contributed by atoms with E-state index in [9.17, 15) is 4.79 Å². The Balaban J connectivity index is 1.45. The van der Waals surface area contributed by atoms with E-state index in [1.54, 1.807) is 12.1 Å². The van der Waals surface area contributed by atoms with Crippen LogP contribution < -0.4 is 14.8 Å². The SMILES string of the molecule is Cc1nc2ccccc2nc1SCC(=O)Nc1cc2c(cc1Br)OCCO2. The van der Waals surface area contributed by atoms with Crippen LogP contribution >= 0.6 is 27.7 Å². The number of nitrogens with zero attached hydrogens (tertiary/aromatic N) is 2. The molecule has 0 atom stereocenters. The Kier molecular flexibility index (Phi) is 5.18. The molecule has 27 heavy (non-hydrogen) atoms. The van der Waals surface area contributed by atoms with Gasteiger partial charge in [-0.1, -0.05) is 23.9 Å². The second-order valence-electron chi connectivity index (χ2n) is 5.92. The van der Waals surface area contributed by atoms with Crippen molar-refractivity contribution in [2.24, 2.45) is 0 Å². The van der Waals surface area contributed by atoms with E-state index in [1.165, 1.54) is 11.8 Å². The van der Waals surface area contributed by atoms with Crippen LogP contribution in [-0.4, -0.2) is 34.8 Å². The van der Waals surface area contributed by atoms with E-state index in [-0.39, 0.29) is 11.7 Å². The first kappa shape index (κ1) is 18.1. The molecule has 0 aliphatic carbocycles. The molecule has 4 rings (SSSR count). The van der Waals surface area contributed by atoms with Gasteiger partial charge in [0.15, 0.2) is 11.5 Å². The van der Waals surface area contributed by atoms with Gasteiger partial charge in [-0.05, 0) is 35.0 Å². The number of anilines is 1. The maximum absolute atomic E-state index is 12.4. The Morgan fingerprint density at radius 3 is 2.56 bits per heavy atom. The number of aryl methyl sites for hydroxylation is 1. The van der Waals surface area contributed by atoms with Crippen molar-refractivity contribution < 1.29 is 14.3 Å². The van der Waals surface area contributed by atoms with Gasteiger partial charge in [0.25, 0.3) is 0 Å². The van der Waals surface area contributed by atoms with E-state index in [1.807, 2.05) is 31.2 Å². The van der Waals surface area contributed by atoms with Gasteiger partial charge in [-0.3, -0.25) is 4.79 Å². The predicted molar refractivity (Wildman–Crippen MR) is 109 cm³/mol. The lowest BCUT2D eigenvalue weighted by Gasteiger charge is -2.20. The number of aromatic nitrogens is 2. The average Bonchev–Trinajstić information content (AvgIpc) is 2.67. The van der Waals surface area contributed by atoms with Gasteiger partial charge in [-0.25, -0.2) is 9.97 Å². The first-order valence-corrected chi connectivity index (χ1v) is 10.1. The molecule has 0 radical (unpaired) electrons. The van der Waals surface area contributed by atoms with Gasteiger partial charge in [-0.15, -0.1) is 0 Å². The molecule has 0 saturated heterocycles. The molecular weight excluding hydrogens is 430 g/mol. The Hall–Kier alpha value is -2.32. The van der Waals surface area contributed by atoms with Gasteiger partial charge in [0, 0.05) is 16.6 Å². The molecule has 0 fully saturated rings. The minimum Gasteiger partial charge on any atom is -0.486 e. The van der Waals surface area contributed by atoms with Gasteiger partial charge in [0.2, 0.25) is 5.91 Å².